The second-order valence-corrected chi connectivity index (χ2v) is 46.4. The monoisotopic (exact) mass is 1460 g/mol. The van der Waals surface area contributed by atoms with Crippen LogP contribution in [-0.2, 0) is 36.5 Å². The van der Waals surface area contributed by atoms with Gasteiger partial charge in [-0.25, -0.2) is 15.0 Å². The molecule has 0 aliphatic carbocycles. The molecule has 6 atom stereocenters. The molecule has 8 aromatic carbocycles. The Morgan fingerprint density at radius 3 is 0.792 bits per heavy atom. The van der Waals surface area contributed by atoms with Gasteiger partial charge in [-0.2, -0.15) is 26.3 Å². The highest BCUT2D eigenvalue weighted by atomic mass is 31.2. The Morgan fingerprint density at radius 2 is 0.542 bits per heavy atom. The number of pyridine rings is 1. The third kappa shape index (κ3) is 17.3. The topological polar surface area (TPSA) is 175 Å². The Labute approximate surface area is 558 Å². The molecule has 6 unspecified atom stereocenters. The molecule has 25 heteroatoms. The van der Waals surface area contributed by atoms with E-state index >= 15 is 0 Å². The van der Waals surface area contributed by atoms with Crippen molar-refractivity contribution in [2.24, 2.45) is 0 Å². The quantitative estimate of drug-likeness (QED) is 0.0590. The fourth-order valence-corrected chi connectivity index (χ4v) is 29.0. The summed E-state index contributed by atoms with van der Waals surface area (Å²) >= 11 is 0. The van der Waals surface area contributed by atoms with Gasteiger partial charge < -0.3 is 36.5 Å². The summed E-state index contributed by atoms with van der Waals surface area (Å²) in [6, 6.07) is 69.2. The normalized spacial score (nSPS) is 15.6. The van der Waals surface area contributed by atoms with E-state index in [-0.39, 0.29) is 0 Å². The molecule has 96 heavy (non-hydrogen) atoms. The second kappa shape index (κ2) is 31.9. The molecule has 0 fully saturated rings. The second-order valence-electron chi connectivity index (χ2n) is 23.2. The van der Waals surface area contributed by atoms with Gasteiger partial charge in [0.2, 0.25) is 0 Å². The average molecular weight is 1460 g/mol. The predicted octanol–water partition coefficient (Wildman–Crippen LogP) is 14.4. The highest BCUT2D eigenvalue weighted by Crippen LogP contribution is 2.63. The summed E-state index contributed by atoms with van der Waals surface area (Å²) in [6.45, 7) is 14.4. The Balaban J connectivity index is 0.000000186. The molecule has 504 valence electrons. The van der Waals surface area contributed by atoms with Crippen LogP contribution >= 0.6 is 57.1 Å². The van der Waals surface area contributed by atoms with E-state index in [1.165, 1.54) is 12.1 Å². The molecule has 0 radical (unpaired) electrons. The smallest absolute Gasteiger partial charge is 0.319 e. The molecule has 0 aliphatic heterocycles. The van der Waals surface area contributed by atoms with Crippen molar-refractivity contribution in [2.75, 3.05) is 52.3 Å². The van der Waals surface area contributed by atoms with Crippen molar-refractivity contribution in [3.63, 3.8) is 0 Å². The molecule has 10 rings (SSSR count). The minimum Gasteiger partial charge on any atom is -0.319 e. The Bertz CT molecular complexity index is 4370. The van der Waals surface area contributed by atoms with Crippen LogP contribution < -0.4 is 74.8 Å². The van der Waals surface area contributed by atoms with Crippen LogP contribution in [0.25, 0.3) is 0 Å². The van der Waals surface area contributed by atoms with Crippen LogP contribution in [0.3, 0.4) is 0 Å². The minimum atomic E-state index is -5.78. The predicted molar refractivity (Wildman–Crippen MR) is 392 cm³/mol. The van der Waals surface area contributed by atoms with Gasteiger partial charge in [0.15, 0.2) is 14.3 Å². The Kier molecular flexibility index (Phi) is 25.5. The Hall–Kier alpha value is -6.59. The number of benzene rings is 8. The van der Waals surface area contributed by atoms with E-state index in [4.69, 9.17) is 0 Å². The van der Waals surface area contributed by atoms with Gasteiger partial charge >= 0.3 is 11.8 Å². The SMILES string of the molecule is CCCP(=O)(c1ccccc1)c1ccccc1P(=O)(CCC)c1ccccc1.CP(=O)(c1ccccc1)c1cccc(P(C)(=O)c2ccccc2)n1.CP(C)(=O)c1ccccc1P(C)(C)=O.O=P(c1ccccc1)(c1nccnc1P(=O)(c1ccccc1)C(F)(F)F)C(F)(F)F. The van der Waals surface area contributed by atoms with E-state index in [0.717, 1.165) is 104 Å². The molecular weight excluding hydrogens is 1380 g/mol. The van der Waals surface area contributed by atoms with Gasteiger partial charge in [-0.05, 0) is 65.0 Å². The van der Waals surface area contributed by atoms with E-state index < -0.39 is 90.4 Å². The van der Waals surface area contributed by atoms with Crippen LogP contribution in [0.5, 0.6) is 0 Å². The standard InChI is InChI=1S/C24H28O2P2.C19H19NO2P2.C18H12F6N2O2P2.C10H16O2P2/c1-3-19-27(25,21-13-7-5-8-14-21)23-17-11-12-18-24(23)28(26,20-4-2)22-15-9-6-10-16-22;1-23(21,16-10-5-3-6-11-16)18-14-9-15-19(20-18)24(2,22)17-12-7-4-8-13-17;19-17(20,21)29(27,13-7-3-1-4-8-13)15-16(26-12-11-25-15)30(28,18(22,23)24)14-9-5-2-6-10-14;1-13(2,11)9-7-5-6-8-10(9)14(3,4)12/h5-18H,3-4,19-20H2,1-2H3;3-15H,1-2H3;1-12H;5-8H,1-4H3. The lowest BCUT2D eigenvalue weighted by Gasteiger charge is -2.26. The van der Waals surface area contributed by atoms with E-state index in [0.29, 0.717) is 35.6 Å². The Morgan fingerprint density at radius 1 is 0.302 bits per heavy atom. The van der Waals surface area contributed by atoms with E-state index in [9.17, 15) is 62.9 Å². The maximum atomic E-state index is 14.4. The fourth-order valence-electron chi connectivity index (χ4n) is 10.6. The van der Waals surface area contributed by atoms with Crippen LogP contribution in [0.15, 0.2) is 261 Å². The molecule has 2 heterocycles. The van der Waals surface area contributed by atoms with Crippen molar-refractivity contribution in [3.05, 3.63) is 261 Å². The third-order valence-electron chi connectivity index (χ3n) is 15.4. The molecule has 11 nitrogen and oxygen atoms in total. The maximum absolute atomic E-state index is 14.4. The summed E-state index contributed by atoms with van der Waals surface area (Å²) in [7, 11) is -27.6. The van der Waals surface area contributed by atoms with Gasteiger partial charge in [-0.3, -0.25) is 0 Å². The summed E-state index contributed by atoms with van der Waals surface area (Å²) < 4.78 is 190. The van der Waals surface area contributed by atoms with Crippen molar-refractivity contribution in [2.45, 2.75) is 38.5 Å². The van der Waals surface area contributed by atoms with Gasteiger partial charge in [0.1, 0.15) is 50.3 Å². The summed E-state index contributed by atoms with van der Waals surface area (Å²) in [5, 5.41) is 4.66. The molecule has 0 saturated carbocycles. The molecule has 10 aromatic rings. The first kappa shape index (κ1) is 76.8. The van der Waals surface area contributed by atoms with Crippen molar-refractivity contribution in [1.82, 2.24) is 15.0 Å². The van der Waals surface area contributed by atoms with Crippen LogP contribution in [0.4, 0.5) is 26.3 Å². The lowest BCUT2D eigenvalue weighted by atomic mass is 10.4. The van der Waals surface area contributed by atoms with E-state index in [1.807, 2.05) is 170 Å². The zero-order valence-corrected chi connectivity index (χ0v) is 61.3. The summed E-state index contributed by atoms with van der Waals surface area (Å²) in [5.74, 6) is -11.0. The molecule has 0 aliphatic rings. The van der Waals surface area contributed by atoms with Gasteiger partial charge in [0.25, 0.3) is 14.3 Å². The zero-order chi connectivity index (χ0) is 70.4. The van der Waals surface area contributed by atoms with Crippen molar-refractivity contribution in [1.29, 1.82) is 0 Å². The summed E-state index contributed by atoms with van der Waals surface area (Å²) in [6.07, 6.45) is 4.15. The molecule has 2 aromatic heterocycles. The molecule has 0 amide bonds. The van der Waals surface area contributed by atoms with Crippen LogP contribution in [0, 0.1) is 0 Å². The zero-order valence-electron chi connectivity index (χ0n) is 54.1. The van der Waals surface area contributed by atoms with E-state index in [2.05, 4.69) is 28.8 Å². The highest BCUT2D eigenvalue weighted by molar-refractivity contribution is 7.85. The van der Waals surface area contributed by atoms with Crippen LogP contribution in [0.1, 0.15) is 26.7 Å². The van der Waals surface area contributed by atoms with Crippen molar-refractivity contribution in [3.8, 4) is 0 Å². The van der Waals surface area contributed by atoms with Gasteiger partial charge in [-0.1, -0.05) is 250 Å². The number of hydrogen-bond donors (Lipinski definition) is 0. The van der Waals surface area contributed by atoms with Crippen LogP contribution in [0.2, 0.25) is 0 Å². The highest BCUT2D eigenvalue weighted by Gasteiger charge is 2.62. The molecule has 0 spiro atoms. The van der Waals surface area contributed by atoms with Gasteiger partial charge in [0.05, 0.1) is 0 Å². The third-order valence-corrected chi connectivity index (χ3v) is 36.0. The van der Waals surface area contributed by atoms with Gasteiger partial charge in [0, 0.05) is 77.8 Å². The number of rotatable bonds is 18. The molecule has 0 N–H and O–H groups in total. The first-order valence-corrected chi connectivity index (χ1v) is 47.0. The fraction of sp³-hybridized carbons (Fsp3) is 0.197. The summed E-state index contributed by atoms with van der Waals surface area (Å²) in [4.78, 5) is 11.3. The molecule has 0 saturated heterocycles. The number of nitrogens with zero attached hydrogens (tertiary/aromatic N) is 3. The first-order chi connectivity index (χ1) is 45.1. The van der Waals surface area contributed by atoms with E-state index in [1.54, 1.807) is 58.2 Å². The lowest BCUT2D eigenvalue weighted by Crippen LogP contribution is -2.43. The minimum absolute atomic E-state index is 0.490. The van der Waals surface area contributed by atoms with Crippen molar-refractivity contribution >= 4 is 132 Å². The number of aromatic nitrogens is 3. The summed E-state index contributed by atoms with van der Waals surface area (Å²) in [5.41, 5.74) is -2.00. The molecular formula is C71H75F6N3O8P8. The maximum Gasteiger partial charge on any atom is 0.449 e. The average Bonchev–Trinajstić information content (AvgIpc) is 0.759. The van der Waals surface area contributed by atoms with Gasteiger partial charge in [-0.15, -0.1) is 0 Å². The number of hydrogen-bond acceptors (Lipinski definition) is 11. The largest absolute Gasteiger partial charge is 0.449 e. The first-order valence-electron chi connectivity index (χ1n) is 30.3. The molecule has 0 bridgehead atoms. The number of alkyl halides is 6. The number of halogens is 6. The van der Waals surface area contributed by atoms with Crippen LogP contribution in [-0.4, -0.2) is 79.1 Å². The lowest BCUT2D eigenvalue weighted by molar-refractivity contribution is -0.0450. The van der Waals surface area contributed by atoms with Crippen molar-refractivity contribution < 1.29 is 62.9 Å².